The van der Waals surface area contributed by atoms with Crippen LogP contribution in [0.1, 0.15) is 18.2 Å². The van der Waals surface area contributed by atoms with E-state index in [-0.39, 0.29) is 6.54 Å². The Morgan fingerprint density at radius 1 is 1.26 bits per heavy atom. The summed E-state index contributed by atoms with van der Waals surface area (Å²) in [6.45, 7) is 2.98. The molecule has 0 saturated carbocycles. The van der Waals surface area contributed by atoms with Crippen molar-refractivity contribution in [3.05, 3.63) is 41.9 Å². The van der Waals surface area contributed by atoms with Crippen LogP contribution in [-0.2, 0) is 12.7 Å². The minimum atomic E-state index is -4.40. The number of nitrogens with zero attached hydrogens (tertiary/aromatic N) is 3. The summed E-state index contributed by atoms with van der Waals surface area (Å²) in [4.78, 5) is 4.15. The topological polar surface area (TPSA) is 42.7 Å². The van der Waals surface area contributed by atoms with E-state index in [4.69, 9.17) is 0 Å². The van der Waals surface area contributed by atoms with Crippen LogP contribution in [0.25, 0.3) is 0 Å². The molecule has 0 amide bonds. The lowest BCUT2D eigenvalue weighted by molar-refractivity contribution is -0.141. The number of rotatable bonds is 4. The van der Waals surface area contributed by atoms with Crippen molar-refractivity contribution in [3.63, 3.8) is 0 Å². The Bertz CT molecular complexity index is 531. The quantitative estimate of drug-likeness (QED) is 0.929. The number of nitrogens with one attached hydrogen (secondary N) is 1. The molecule has 0 aliphatic rings. The molecule has 4 nitrogen and oxygen atoms in total. The second-order valence-corrected chi connectivity index (χ2v) is 3.98. The highest BCUT2D eigenvalue weighted by molar-refractivity contribution is 5.35. The van der Waals surface area contributed by atoms with Crippen LogP contribution in [0.2, 0.25) is 0 Å². The van der Waals surface area contributed by atoms with Gasteiger partial charge in [0.05, 0.1) is 6.54 Å². The molecule has 0 bridgehead atoms. The summed E-state index contributed by atoms with van der Waals surface area (Å²) in [5.74, 6) is 0.739. The van der Waals surface area contributed by atoms with E-state index >= 15 is 0 Å². The van der Waals surface area contributed by atoms with E-state index in [9.17, 15) is 13.2 Å². The molecule has 2 rings (SSSR count). The molecule has 0 saturated heterocycles. The number of halogens is 3. The smallest absolute Gasteiger partial charge is 0.370 e. The summed E-state index contributed by atoms with van der Waals surface area (Å²) in [5.41, 5.74) is -0.0943. The molecule has 2 aromatic rings. The van der Waals surface area contributed by atoms with Gasteiger partial charge in [0.1, 0.15) is 5.82 Å². The molecule has 0 unspecified atom stereocenters. The summed E-state index contributed by atoms with van der Waals surface area (Å²) in [6, 6.07) is 4.55. The minimum absolute atomic E-state index is 0.259. The minimum Gasteiger partial charge on any atom is -0.370 e. The van der Waals surface area contributed by atoms with E-state index in [0.717, 1.165) is 24.0 Å². The van der Waals surface area contributed by atoms with Crippen LogP contribution in [0, 0.1) is 0 Å². The molecule has 1 N–H and O–H groups in total. The van der Waals surface area contributed by atoms with Gasteiger partial charge >= 0.3 is 6.18 Å². The molecule has 0 fully saturated rings. The first-order valence-corrected chi connectivity index (χ1v) is 5.78. The Balaban J connectivity index is 2.06. The van der Waals surface area contributed by atoms with Gasteiger partial charge in [-0.25, -0.2) is 4.98 Å². The van der Waals surface area contributed by atoms with Crippen molar-refractivity contribution in [1.82, 2.24) is 14.8 Å². The molecule has 0 aliphatic heterocycles. The third kappa shape index (κ3) is 3.46. The molecule has 0 aromatic carbocycles. The van der Waals surface area contributed by atoms with Gasteiger partial charge in [0, 0.05) is 18.9 Å². The molecule has 19 heavy (non-hydrogen) atoms. The second kappa shape index (κ2) is 5.29. The number of aromatic nitrogens is 3. The maximum Gasteiger partial charge on any atom is 0.435 e. The summed E-state index contributed by atoms with van der Waals surface area (Å²) < 4.78 is 38.4. The van der Waals surface area contributed by atoms with Gasteiger partial charge in [0.15, 0.2) is 5.69 Å². The van der Waals surface area contributed by atoms with Crippen molar-refractivity contribution in [2.75, 3.05) is 11.9 Å². The van der Waals surface area contributed by atoms with Gasteiger partial charge in [-0.2, -0.15) is 18.3 Å². The monoisotopic (exact) mass is 270 g/mol. The van der Waals surface area contributed by atoms with E-state index in [0.29, 0.717) is 0 Å². The van der Waals surface area contributed by atoms with Crippen molar-refractivity contribution in [1.29, 1.82) is 0 Å². The zero-order chi connectivity index (χ0) is 13.9. The summed E-state index contributed by atoms with van der Waals surface area (Å²) in [6.07, 6.45) is -1.48. The van der Waals surface area contributed by atoms with E-state index in [1.165, 1.54) is 10.9 Å². The van der Waals surface area contributed by atoms with Crippen LogP contribution >= 0.6 is 0 Å². The van der Waals surface area contributed by atoms with Gasteiger partial charge in [-0.05, 0) is 24.6 Å². The van der Waals surface area contributed by atoms with Gasteiger partial charge in [-0.1, -0.05) is 6.07 Å². The van der Waals surface area contributed by atoms with Gasteiger partial charge in [0.25, 0.3) is 0 Å². The number of anilines is 1. The zero-order valence-electron chi connectivity index (χ0n) is 10.3. The lowest BCUT2D eigenvalue weighted by atomic mass is 10.3. The first-order chi connectivity index (χ1) is 8.99. The number of hydrogen-bond acceptors (Lipinski definition) is 3. The van der Waals surface area contributed by atoms with Crippen LogP contribution in [0.15, 0.2) is 30.6 Å². The van der Waals surface area contributed by atoms with E-state index in [2.05, 4.69) is 15.4 Å². The Labute approximate surface area is 108 Å². The van der Waals surface area contributed by atoms with E-state index < -0.39 is 11.9 Å². The van der Waals surface area contributed by atoms with Crippen LogP contribution in [0.4, 0.5) is 19.0 Å². The van der Waals surface area contributed by atoms with Crippen LogP contribution < -0.4 is 5.32 Å². The highest BCUT2D eigenvalue weighted by atomic mass is 19.4. The molecule has 0 atom stereocenters. The highest BCUT2D eigenvalue weighted by Gasteiger charge is 2.33. The maximum atomic E-state index is 12.4. The van der Waals surface area contributed by atoms with Crippen molar-refractivity contribution >= 4 is 5.82 Å². The first-order valence-electron chi connectivity index (χ1n) is 5.78. The predicted octanol–water partition coefficient (Wildman–Crippen LogP) is 2.78. The Kier molecular flexibility index (Phi) is 3.73. The molecule has 2 aromatic heterocycles. The van der Waals surface area contributed by atoms with Crippen molar-refractivity contribution in [2.45, 2.75) is 19.6 Å². The molecule has 0 aliphatic carbocycles. The van der Waals surface area contributed by atoms with Gasteiger partial charge < -0.3 is 5.32 Å². The molecule has 0 spiro atoms. The maximum absolute atomic E-state index is 12.4. The Hall–Kier alpha value is -2.05. The second-order valence-electron chi connectivity index (χ2n) is 3.98. The van der Waals surface area contributed by atoms with E-state index in [1.807, 2.05) is 6.92 Å². The Morgan fingerprint density at radius 3 is 2.58 bits per heavy atom. The fourth-order valence-corrected chi connectivity index (χ4v) is 1.59. The largest absolute Gasteiger partial charge is 0.435 e. The lowest BCUT2D eigenvalue weighted by Gasteiger charge is -2.05. The average molecular weight is 270 g/mol. The molecule has 7 heteroatoms. The number of pyridine rings is 1. The summed E-state index contributed by atoms with van der Waals surface area (Å²) in [7, 11) is 0. The average Bonchev–Trinajstić information content (AvgIpc) is 2.80. The lowest BCUT2D eigenvalue weighted by Crippen LogP contribution is -2.08. The number of alkyl halides is 3. The van der Waals surface area contributed by atoms with Gasteiger partial charge in [0.2, 0.25) is 0 Å². The molecular formula is C12H13F3N4. The van der Waals surface area contributed by atoms with E-state index in [1.54, 1.807) is 18.3 Å². The molecule has 0 radical (unpaired) electrons. The summed E-state index contributed by atoms with van der Waals surface area (Å²) >= 11 is 0. The van der Waals surface area contributed by atoms with Crippen LogP contribution in [0.3, 0.4) is 0 Å². The fraction of sp³-hybridized carbons (Fsp3) is 0.333. The van der Waals surface area contributed by atoms with Crippen LogP contribution in [-0.4, -0.2) is 21.3 Å². The predicted molar refractivity (Wildman–Crippen MR) is 64.7 cm³/mol. The Morgan fingerprint density at radius 2 is 2.05 bits per heavy atom. The zero-order valence-corrected chi connectivity index (χ0v) is 10.3. The van der Waals surface area contributed by atoms with Crippen molar-refractivity contribution in [3.8, 4) is 0 Å². The molecule has 102 valence electrons. The standard InChI is InChI=1S/C12H13F3N4/c1-2-16-11-4-3-9(7-17-11)8-19-6-5-10(18-19)12(13,14)15/h3-7H,2,8H2,1H3,(H,16,17). The molecule has 2 heterocycles. The summed E-state index contributed by atoms with van der Waals surface area (Å²) in [5, 5.41) is 6.52. The van der Waals surface area contributed by atoms with Gasteiger partial charge in [-0.3, -0.25) is 4.68 Å². The van der Waals surface area contributed by atoms with Crippen LogP contribution in [0.5, 0.6) is 0 Å². The third-order valence-corrected chi connectivity index (χ3v) is 2.46. The van der Waals surface area contributed by atoms with Crippen molar-refractivity contribution in [2.24, 2.45) is 0 Å². The highest BCUT2D eigenvalue weighted by Crippen LogP contribution is 2.27. The SMILES string of the molecule is CCNc1ccc(Cn2ccc(C(F)(F)F)n2)cn1. The number of hydrogen-bond donors (Lipinski definition) is 1. The first kappa shape index (κ1) is 13.4. The van der Waals surface area contributed by atoms with Gasteiger partial charge in [-0.15, -0.1) is 0 Å². The van der Waals surface area contributed by atoms with Crippen molar-refractivity contribution < 1.29 is 13.2 Å². The fourth-order valence-electron chi connectivity index (χ4n) is 1.59. The normalized spacial score (nSPS) is 11.6. The molecular weight excluding hydrogens is 257 g/mol. The third-order valence-electron chi connectivity index (χ3n) is 2.46.